The molecular weight excluding hydrogens is 167 g/mol. The minimum atomic E-state index is -1.11. The van der Waals surface area contributed by atoms with Crippen molar-refractivity contribution in [3.05, 3.63) is 0 Å². The van der Waals surface area contributed by atoms with Crippen LogP contribution in [0.25, 0.3) is 0 Å². The highest BCUT2D eigenvalue weighted by Gasteiger charge is 2.35. The maximum absolute atomic E-state index is 9.89. The monoisotopic (exact) mass is 188 g/mol. The van der Waals surface area contributed by atoms with Crippen LogP contribution in [0.3, 0.4) is 0 Å². The van der Waals surface area contributed by atoms with Gasteiger partial charge in [0.1, 0.15) is 7.85 Å². The maximum Gasteiger partial charge on any atom is 0.112 e. The Morgan fingerprint density at radius 2 is 1.85 bits per heavy atom. The van der Waals surface area contributed by atoms with E-state index in [1.54, 1.807) is 6.92 Å². The van der Waals surface area contributed by atoms with Crippen molar-refractivity contribution in [1.82, 2.24) is 0 Å². The van der Waals surface area contributed by atoms with Crippen LogP contribution in [0.4, 0.5) is 0 Å². The van der Waals surface area contributed by atoms with Gasteiger partial charge < -0.3 is 15.3 Å². The van der Waals surface area contributed by atoms with Crippen molar-refractivity contribution in [3.8, 4) is 0 Å². The average molecular weight is 188 g/mol. The third-order valence-corrected chi connectivity index (χ3v) is 2.37. The smallest absolute Gasteiger partial charge is 0.112 e. The topological polar surface area (TPSA) is 60.7 Å². The first-order chi connectivity index (χ1) is 5.75. The molecule has 78 valence electrons. The van der Waals surface area contributed by atoms with E-state index in [-0.39, 0.29) is 11.9 Å². The van der Waals surface area contributed by atoms with Crippen molar-refractivity contribution in [2.24, 2.45) is 0 Å². The summed E-state index contributed by atoms with van der Waals surface area (Å²) in [4.78, 5) is 0. The van der Waals surface area contributed by atoms with Crippen LogP contribution in [0.1, 0.15) is 33.6 Å². The first kappa shape index (κ1) is 12.9. The lowest BCUT2D eigenvalue weighted by molar-refractivity contribution is -0.0769. The highest BCUT2D eigenvalue weighted by molar-refractivity contribution is 6.15. The van der Waals surface area contributed by atoms with Crippen molar-refractivity contribution in [3.63, 3.8) is 0 Å². The Kier molecular flexibility index (Phi) is 4.42. The van der Waals surface area contributed by atoms with E-state index in [4.69, 9.17) is 5.11 Å². The Morgan fingerprint density at radius 3 is 2.15 bits per heavy atom. The Hall–Kier alpha value is -0.0551. The molecule has 0 saturated carbocycles. The lowest BCUT2D eigenvalue weighted by Gasteiger charge is -2.35. The molecule has 0 aromatic rings. The normalized spacial score (nSPS) is 23.2. The van der Waals surface area contributed by atoms with Crippen LogP contribution >= 0.6 is 0 Å². The molecule has 0 aromatic heterocycles. The Labute approximate surface area is 81.2 Å². The second kappa shape index (κ2) is 4.44. The van der Waals surface area contributed by atoms with Gasteiger partial charge in [0.15, 0.2) is 0 Å². The number of rotatable bonds is 5. The van der Waals surface area contributed by atoms with Crippen LogP contribution in [0.15, 0.2) is 0 Å². The molecule has 0 bridgehead atoms. The van der Waals surface area contributed by atoms with Crippen molar-refractivity contribution >= 4 is 7.85 Å². The zero-order valence-electron chi connectivity index (χ0n) is 9.04. The van der Waals surface area contributed by atoms with Gasteiger partial charge in [0.2, 0.25) is 0 Å². The van der Waals surface area contributed by atoms with Crippen molar-refractivity contribution in [1.29, 1.82) is 0 Å². The van der Waals surface area contributed by atoms with Gasteiger partial charge in [-0.15, -0.1) is 0 Å². The molecule has 4 heteroatoms. The summed E-state index contributed by atoms with van der Waals surface area (Å²) in [6.07, 6.45) is 0.193. The molecule has 0 radical (unpaired) electrons. The van der Waals surface area contributed by atoms with Crippen molar-refractivity contribution in [2.75, 3.05) is 6.61 Å². The quantitative estimate of drug-likeness (QED) is 0.519. The maximum atomic E-state index is 9.89. The summed E-state index contributed by atoms with van der Waals surface area (Å²) in [5, 5.41) is 28.1. The Balaban J connectivity index is 4.32. The minimum Gasteiger partial charge on any atom is -0.397 e. The van der Waals surface area contributed by atoms with E-state index in [2.05, 4.69) is 0 Å². The van der Waals surface area contributed by atoms with Crippen LogP contribution in [0.2, 0.25) is 5.31 Å². The van der Waals surface area contributed by atoms with Crippen LogP contribution < -0.4 is 0 Å². The molecule has 0 aliphatic rings. The zero-order valence-corrected chi connectivity index (χ0v) is 9.04. The molecule has 0 fully saturated rings. The van der Waals surface area contributed by atoms with Gasteiger partial charge in [-0.05, 0) is 25.1 Å². The standard InChI is InChI=1S/C9H21BO3/c1-4-7(12)9(3,13)5-8(2,10)6-11/h7,11-13H,4-6,10H2,1-3H3/t7?,8?,9-/m0/s1. The molecule has 0 amide bonds. The minimum absolute atomic E-state index is 0.0135. The number of hydrogen-bond acceptors (Lipinski definition) is 3. The molecule has 3 nitrogen and oxygen atoms in total. The Morgan fingerprint density at radius 1 is 1.38 bits per heavy atom. The molecule has 0 saturated heterocycles. The fourth-order valence-electron chi connectivity index (χ4n) is 1.58. The third-order valence-electron chi connectivity index (χ3n) is 2.37. The van der Waals surface area contributed by atoms with Gasteiger partial charge in [-0.1, -0.05) is 13.8 Å². The third kappa shape index (κ3) is 4.11. The molecule has 0 aliphatic carbocycles. The first-order valence-corrected chi connectivity index (χ1v) is 4.76. The number of aliphatic hydroxyl groups is 3. The molecule has 0 rings (SSSR count). The van der Waals surface area contributed by atoms with Crippen LogP contribution in [-0.2, 0) is 0 Å². The lowest BCUT2D eigenvalue weighted by atomic mass is 9.64. The van der Waals surface area contributed by atoms with E-state index in [1.165, 1.54) is 0 Å². The molecule has 3 N–H and O–H groups in total. The molecule has 0 spiro atoms. The SMILES string of the molecule is BC(C)(CO)C[C@](C)(O)C(O)CC. The highest BCUT2D eigenvalue weighted by Crippen LogP contribution is 2.33. The fraction of sp³-hybridized carbons (Fsp3) is 1.00. The predicted molar refractivity (Wildman–Crippen MR) is 55.5 cm³/mol. The van der Waals surface area contributed by atoms with Crippen molar-refractivity contribution < 1.29 is 15.3 Å². The van der Waals surface area contributed by atoms with E-state index in [0.29, 0.717) is 12.8 Å². The summed E-state index contributed by atoms with van der Waals surface area (Å²) < 4.78 is 0. The number of hydrogen-bond donors (Lipinski definition) is 3. The molecule has 2 unspecified atom stereocenters. The predicted octanol–water partition coefficient (Wildman–Crippen LogP) is -0.298. The summed E-state index contributed by atoms with van der Waals surface area (Å²) in [5.74, 6) is 0. The van der Waals surface area contributed by atoms with E-state index in [1.807, 2.05) is 21.7 Å². The van der Waals surface area contributed by atoms with E-state index >= 15 is 0 Å². The Bertz CT molecular complexity index is 157. The highest BCUT2D eigenvalue weighted by atomic mass is 16.3. The summed E-state index contributed by atoms with van der Waals surface area (Å²) in [7, 11) is 1.86. The molecular formula is C9H21BO3. The second-order valence-corrected chi connectivity index (χ2v) is 4.78. The molecule has 0 aromatic carbocycles. The van der Waals surface area contributed by atoms with Gasteiger partial charge in [-0.3, -0.25) is 0 Å². The van der Waals surface area contributed by atoms with Crippen LogP contribution in [0.5, 0.6) is 0 Å². The van der Waals surface area contributed by atoms with Gasteiger partial charge in [0.25, 0.3) is 0 Å². The van der Waals surface area contributed by atoms with Crippen LogP contribution in [-0.4, -0.2) is 41.5 Å². The number of aliphatic hydroxyl groups excluding tert-OH is 2. The summed E-state index contributed by atoms with van der Waals surface area (Å²) in [5.41, 5.74) is -1.11. The van der Waals surface area contributed by atoms with Gasteiger partial charge in [0.05, 0.1) is 11.7 Å². The summed E-state index contributed by atoms with van der Waals surface area (Å²) in [6, 6.07) is 0. The van der Waals surface area contributed by atoms with Gasteiger partial charge in [0, 0.05) is 6.61 Å². The van der Waals surface area contributed by atoms with Gasteiger partial charge in [-0.25, -0.2) is 0 Å². The first-order valence-electron chi connectivity index (χ1n) is 4.76. The van der Waals surface area contributed by atoms with E-state index in [0.717, 1.165) is 0 Å². The summed E-state index contributed by atoms with van der Waals surface area (Å²) >= 11 is 0. The van der Waals surface area contributed by atoms with Gasteiger partial charge in [-0.2, -0.15) is 0 Å². The molecule has 3 atom stereocenters. The zero-order chi connectivity index (χ0) is 10.7. The van der Waals surface area contributed by atoms with Crippen LogP contribution in [0, 0.1) is 0 Å². The fourth-order valence-corrected chi connectivity index (χ4v) is 1.58. The largest absolute Gasteiger partial charge is 0.397 e. The van der Waals surface area contributed by atoms with Gasteiger partial charge >= 0.3 is 0 Å². The molecule has 0 heterocycles. The average Bonchev–Trinajstić information content (AvgIpc) is 2.01. The van der Waals surface area contributed by atoms with E-state index < -0.39 is 11.7 Å². The molecule has 13 heavy (non-hydrogen) atoms. The molecule has 0 aliphatic heterocycles. The van der Waals surface area contributed by atoms with Crippen molar-refractivity contribution in [2.45, 2.75) is 50.6 Å². The van der Waals surface area contributed by atoms with E-state index in [9.17, 15) is 10.2 Å². The second-order valence-electron chi connectivity index (χ2n) is 4.78. The lowest BCUT2D eigenvalue weighted by Crippen LogP contribution is -2.42. The summed E-state index contributed by atoms with van der Waals surface area (Å²) in [6.45, 7) is 5.31.